The number of halogens is 4. The van der Waals surface area contributed by atoms with E-state index in [-0.39, 0.29) is 23.1 Å². The van der Waals surface area contributed by atoms with Crippen molar-refractivity contribution in [1.29, 1.82) is 0 Å². The van der Waals surface area contributed by atoms with Gasteiger partial charge in [0.1, 0.15) is 16.6 Å². The van der Waals surface area contributed by atoms with Crippen molar-refractivity contribution in [1.82, 2.24) is 9.88 Å². The van der Waals surface area contributed by atoms with E-state index in [1.165, 1.54) is 0 Å². The van der Waals surface area contributed by atoms with E-state index in [1.54, 1.807) is 9.80 Å². The van der Waals surface area contributed by atoms with Crippen LogP contribution in [-0.4, -0.2) is 47.3 Å². The highest BCUT2D eigenvalue weighted by Crippen LogP contribution is 2.39. The van der Waals surface area contributed by atoms with Crippen molar-refractivity contribution in [3.8, 4) is 0 Å². The molecule has 0 spiro atoms. The molecule has 1 aliphatic heterocycles. The van der Waals surface area contributed by atoms with Crippen LogP contribution in [0.15, 0.2) is 12.1 Å². The van der Waals surface area contributed by atoms with Crippen LogP contribution in [0.3, 0.4) is 0 Å². The van der Waals surface area contributed by atoms with E-state index in [1.807, 2.05) is 20.8 Å². The molecular formula is C18H23ClF3N3O2. The molecule has 1 atom stereocenters. The highest BCUT2D eigenvalue weighted by molar-refractivity contribution is 6.29. The predicted octanol–water partition coefficient (Wildman–Crippen LogP) is 4.59. The molecule has 0 radical (unpaired) electrons. The zero-order valence-electron chi connectivity index (χ0n) is 15.5. The Hall–Kier alpha value is -1.70. The molecule has 0 unspecified atom stereocenters. The van der Waals surface area contributed by atoms with Crippen molar-refractivity contribution in [2.24, 2.45) is 5.92 Å². The molecule has 3 rings (SSSR count). The summed E-state index contributed by atoms with van der Waals surface area (Å²) in [7, 11) is 0. The zero-order chi connectivity index (χ0) is 20.0. The van der Waals surface area contributed by atoms with Gasteiger partial charge in [-0.15, -0.1) is 0 Å². The standard InChI is InChI=1S/C18H23ClF3N3O2/c1-17(2,3)27-16(26)25-7-6-24(10-13(25)11-4-5-11)15-9-12(18(20,21)22)8-14(19)23-15/h8-9,11,13H,4-7,10H2,1-3H3/t13-/m1/s1. The lowest BCUT2D eigenvalue weighted by Gasteiger charge is -2.42. The number of piperazine rings is 1. The lowest BCUT2D eigenvalue weighted by atomic mass is 10.1. The van der Waals surface area contributed by atoms with Gasteiger partial charge in [0.25, 0.3) is 0 Å². The zero-order valence-corrected chi connectivity index (χ0v) is 16.3. The van der Waals surface area contributed by atoms with Gasteiger partial charge in [0.2, 0.25) is 0 Å². The molecule has 2 aliphatic rings. The summed E-state index contributed by atoms with van der Waals surface area (Å²) in [5.74, 6) is 0.519. The number of hydrogen-bond acceptors (Lipinski definition) is 4. The minimum absolute atomic E-state index is 0.108. The topological polar surface area (TPSA) is 45.7 Å². The summed E-state index contributed by atoms with van der Waals surface area (Å²) in [6, 6.07) is 1.73. The number of carbonyl (C=O) groups excluding carboxylic acids is 1. The van der Waals surface area contributed by atoms with Crippen LogP contribution in [0.25, 0.3) is 0 Å². The van der Waals surface area contributed by atoms with Crippen LogP contribution in [0.2, 0.25) is 5.15 Å². The first kappa shape index (κ1) is 20.0. The second-order valence-corrected chi connectivity index (χ2v) is 8.45. The van der Waals surface area contributed by atoms with Gasteiger partial charge in [0, 0.05) is 19.6 Å². The normalized spacial score (nSPS) is 21.4. The van der Waals surface area contributed by atoms with Gasteiger partial charge in [-0.25, -0.2) is 9.78 Å². The summed E-state index contributed by atoms with van der Waals surface area (Å²) in [6.07, 6.45) is -2.88. The molecule has 0 N–H and O–H groups in total. The van der Waals surface area contributed by atoms with E-state index in [2.05, 4.69) is 4.98 Å². The fraction of sp³-hybridized carbons (Fsp3) is 0.667. The third-order valence-electron chi connectivity index (χ3n) is 4.64. The molecule has 2 heterocycles. The minimum Gasteiger partial charge on any atom is -0.444 e. The van der Waals surface area contributed by atoms with Crippen molar-refractivity contribution in [3.63, 3.8) is 0 Å². The first-order valence-corrected chi connectivity index (χ1v) is 9.31. The summed E-state index contributed by atoms with van der Waals surface area (Å²) < 4.78 is 44.7. The van der Waals surface area contributed by atoms with Crippen LogP contribution in [0.1, 0.15) is 39.2 Å². The molecule has 2 fully saturated rings. The van der Waals surface area contributed by atoms with Crippen molar-refractivity contribution in [2.75, 3.05) is 24.5 Å². The predicted molar refractivity (Wildman–Crippen MR) is 95.9 cm³/mol. The third kappa shape index (κ3) is 4.97. The number of pyridine rings is 1. The monoisotopic (exact) mass is 405 g/mol. The number of amides is 1. The first-order valence-electron chi connectivity index (χ1n) is 8.93. The smallest absolute Gasteiger partial charge is 0.416 e. The van der Waals surface area contributed by atoms with E-state index < -0.39 is 17.3 Å². The van der Waals surface area contributed by atoms with Crippen molar-refractivity contribution >= 4 is 23.5 Å². The molecule has 150 valence electrons. The van der Waals surface area contributed by atoms with E-state index >= 15 is 0 Å². The van der Waals surface area contributed by atoms with Crippen LogP contribution in [0.4, 0.5) is 23.8 Å². The maximum Gasteiger partial charge on any atom is 0.416 e. The van der Waals surface area contributed by atoms with Gasteiger partial charge in [-0.05, 0) is 51.7 Å². The van der Waals surface area contributed by atoms with E-state index in [4.69, 9.17) is 16.3 Å². The van der Waals surface area contributed by atoms with Crippen LogP contribution >= 0.6 is 11.6 Å². The summed E-state index contributed by atoms with van der Waals surface area (Å²) >= 11 is 5.82. The number of hydrogen-bond donors (Lipinski definition) is 0. The largest absolute Gasteiger partial charge is 0.444 e. The van der Waals surface area contributed by atoms with Crippen LogP contribution in [-0.2, 0) is 10.9 Å². The third-order valence-corrected chi connectivity index (χ3v) is 4.84. The van der Waals surface area contributed by atoms with Gasteiger partial charge < -0.3 is 14.5 Å². The molecule has 0 aromatic carbocycles. The fourth-order valence-corrected chi connectivity index (χ4v) is 3.46. The number of carbonyl (C=O) groups is 1. The van der Waals surface area contributed by atoms with Gasteiger partial charge in [-0.3, -0.25) is 0 Å². The van der Waals surface area contributed by atoms with Gasteiger partial charge in [0.15, 0.2) is 0 Å². The summed E-state index contributed by atoms with van der Waals surface area (Å²) in [4.78, 5) is 20.1. The molecular weight excluding hydrogens is 383 g/mol. The average molecular weight is 406 g/mol. The molecule has 1 saturated carbocycles. The molecule has 5 nitrogen and oxygen atoms in total. The van der Waals surface area contributed by atoms with Gasteiger partial charge in [-0.1, -0.05) is 11.6 Å². The Balaban J connectivity index is 1.79. The lowest BCUT2D eigenvalue weighted by molar-refractivity contribution is -0.137. The molecule has 0 bridgehead atoms. The Bertz CT molecular complexity index is 717. The van der Waals surface area contributed by atoms with Crippen molar-refractivity contribution in [3.05, 3.63) is 22.8 Å². The Morgan fingerprint density at radius 3 is 2.44 bits per heavy atom. The molecule has 1 saturated heterocycles. The number of nitrogens with zero attached hydrogens (tertiary/aromatic N) is 3. The molecule has 9 heteroatoms. The maximum absolute atomic E-state index is 13.1. The average Bonchev–Trinajstić information content (AvgIpc) is 3.36. The maximum atomic E-state index is 13.1. The van der Waals surface area contributed by atoms with E-state index in [0.717, 1.165) is 25.0 Å². The molecule has 1 aromatic heterocycles. The van der Waals surface area contributed by atoms with Gasteiger partial charge in [0.05, 0.1) is 11.6 Å². The Kier molecular flexibility index (Phi) is 5.22. The summed E-state index contributed by atoms with van der Waals surface area (Å²) in [5.41, 5.74) is -1.42. The fourth-order valence-electron chi connectivity index (χ4n) is 3.26. The van der Waals surface area contributed by atoms with E-state index in [0.29, 0.717) is 25.6 Å². The molecule has 1 amide bonds. The minimum atomic E-state index is -4.49. The second-order valence-electron chi connectivity index (χ2n) is 8.06. The Morgan fingerprint density at radius 1 is 1.22 bits per heavy atom. The number of alkyl halides is 3. The van der Waals surface area contributed by atoms with Crippen LogP contribution in [0.5, 0.6) is 0 Å². The van der Waals surface area contributed by atoms with Crippen LogP contribution in [0, 0.1) is 5.92 Å². The molecule has 1 aromatic rings. The van der Waals surface area contributed by atoms with Crippen molar-refractivity contribution < 1.29 is 22.7 Å². The Morgan fingerprint density at radius 2 is 1.89 bits per heavy atom. The summed E-state index contributed by atoms with van der Waals surface area (Å²) in [5, 5.41) is -0.197. The lowest BCUT2D eigenvalue weighted by Crippen LogP contribution is -2.57. The Labute approximate surface area is 161 Å². The van der Waals surface area contributed by atoms with Crippen molar-refractivity contribution in [2.45, 2.75) is 51.4 Å². The second kappa shape index (κ2) is 7.04. The first-order chi connectivity index (χ1) is 12.4. The van der Waals surface area contributed by atoms with Crippen LogP contribution < -0.4 is 4.90 Å². The SMILES string of the molecule is CC(C)(C)OC(=O)N1CCN(c2cc(C(F)(F)F)cc(Cl)n2)C[C@@H]1C1CC1. The molecule has 27 heavy (non-hydrogen) atoms. The van der Waals surface area contributed by atoms with Gasteiger partial charge in [-0.2, -0.15) is 13.2 Å². The molecule has 1 aliphatic carbocycles. The van der Waals surface area contributed by atoms with Gasteiger partial charge >= 0.3 is 12.3 Å². The highest BCUT2D eigenvalue weighted by Gasteiger charge is 2.43. The highest BCUT2D eigenvalue weighted by atomic mass is 35.5. The quantitative estimate of drug-likeness (QED) is 0.675. The summed E-state index contributed by atoms with van der Waals surface area (Å²) in [6.45, 7) is 6.57. The number of rotatable bonds is 2. The number of anilines is 1. The van der Waals surface area contributed by atoms with E-state index in [9.17, 15) is 18.0 Å². The number of aromatic nitrogens is 1. The number of ether oxygens (including phenoxy) is 1.